The highest BCUT2D eigenvalue weighted by Crippen LogP contribution is 2.14. The summed E-state index contributed by atoms with van der Waals surface area (Å²) in [6.45, 7) is 2.62. The Morgan fingerprint density at radius 2 is 2.05 bits per heavy atom. The van der Waals surface area contributed by atoms with E-state index in [1.807, 2.05) is 6.92 Å². The van der Waals surface area contributed by atoms with Crippen LogP contribution in [-0.4, -0.2) is 38.6 Å². The van der Waals surface area contributed by atoms with Crippen molar-refractivity contribution in [3.05, 3.63) is 29.3 Å². The van der Waals surface area contributed by atoms with Crippen molar-refractivity contribution in [3.63, 3.8) is 0 Å². The lowest BCUT2D eigenvalue weighted by Crippen LogP contribution is -2.38. The van der Waals surface area contributed by atoms with Gasteiger partial charge in [0.25, 0.3) is 5.91 Å². The smallest absolute Gasteiger partial charge is 0.251 e. The van der Waals surface area contributed by atoms with Crippen LogP contribution in [0.4, 0.5) is 5.69 Å². The number of methoxy groups -OCH3 is 1. The lowest BCUT2D eigenvalue weighted by Gasteiger charge is -2.09. The number of anilines is 1. The van der Waals surface area contributed by atoms with Gasteiger partial charge in [-0.25, -0.2) is 0 Å². The van der Waals surface area contributed by atoms with E-state index in [4.69, 9.17) is 10.6 Å². The number of nitrogens with one attached hydrogen (secondary N) is 3. The van der Waals surface area contributed by atoms with Gasteiger partial charge in [0.2, 0.25) is 5.91 Å². The molecular formula is C13H20N4O3. The van der Waals surface area contributed by atoms with Crippen LogP contribution in [0.5, 0.6) is 0 Å². The Morgan fingerprint density at radius 3 is 2.65 bits per heavy atom. The van der Waals surface area contributed by atoms with Gasteiger partial charge >= 0.3 is 0 Å². The summed E-state index contributed by atoms with van der Waals surface area (Å²) in [5.41, 5.74) is 4.61. The topological polar surface area (TPSA) is 105 Å². The molecule has 0 saturated carbocycles. The van der Waals surface area contributed by atoms with E-state index in [1.165, 1.54) is 0 Å². The molecular weight excluding hydrogens is 260 g/mol. The average Bonchev–Trinajstić information content (AvgIpc) is 2.45. The predicted octanol–water partition coefficient (Wildman–Crippen LogP) is -0.227. The van der Waals surface area contributed by atoms with Gasteiger partial charge in [0.05, 0.1) is 18.8 Å². The maximum atomic E-state index is 11.9. The first-order chi connectivity index (χ1) is 9.58. The Hall–Kier alpha value is -2.12. The summed E-state index contributed by atoms with van der Waals surface area (Å²) in [6.07, 6.45) is 0. The minimum atomic E-state index is -0.307. The first-order valence-corrected chi connectivity index (χ1v) is 6.19. The van der Waals surface area contributed by atoms with Crippen molar-refractivity contribution in [1.29, 1.82) is 0 Å². The summed E-state index contributed by atoms with van der Waals surface area (Å²) in [5, 5.41) is 5.16. The molecule has 0 spiro atoms. The zero-order valence-electron chi connectivity index (χ0n) is 11.7. The molecule has 0 atom stereocenters. The van der Waals surface area contributed by atoms with Crippen LogP contribution in [-0.2, 0) is 9.53 Å². The van der Waals surface area contributed by atoms with Crippen molar-refractivity contribution >= 4 is 17.5 Å². The average molecular weight is 280 g/mol. The molecule has 0 saturated heterocycles. The monoisotopic (exact) mass is 280 g/mol. The molecule has 0 fully saturated rings. The Kier molecular flexibility index (Phi) is 6.48. The van der Waals surface area contributed by atoms with E-state index in [-0.39, 0.29) is 18.4 Å². The molecule has 1 aromatic rings. The maximum Gasteiger partial charge on any atom is 0.251 e. The van der Waals surface area contributed by atoms with Gasteiger partial charge < -0.3 is 20.8 Å². The Morgan fingerprint density at radius 1 is 1.30 bits per heavy atom. The fourth-order valence-electron chi connectivity index (χ4n) is 1.58. The molecule has 0 aliphatic rings. The second-order valence-electron chi connectivity index (χ2n) is 4.20. The van der Waals surface area contributed by atoms with Crippen LogP contribution in [0.15, 0.2) is 18.2 Å². The van der Waals surface area contributed by atoms with Crippen molar-refractivity contribution in [2.24, 2.45) is 5.84 Å². The lowest BCUT2D eigenvalue weighted by atomic mass is 10.1. The van der Waals surface area contributed by atoms with Crippen molar-refractivity contribution < 1.29 is 14.3 Å². The molecule has 2 amide bonds. The van der Waals surface area contributed by atoms with Crippen LogP contribution in [0.3, 0.4) is 0 Å². The van der Waals surface area contributed by atoms with Gasteiger partial charge in [-0.1, -0.05) is 0 Å². The molecule has 7 heteroatoms. The van der Waals surface area contributed by atoms with E-state index in [2.05, 4.69) is 16.1 Å². The number of ether oxygens (including phenoxy) is 1. The van der Waals surface area contributed by atoms with Crippen LogP contribution in [0.2, 0.25) is 0 Å². The lowest BCUT2D eigenvalue weighted by molar-refractivity contribution is -0.120. The largest absolute Gasteiger partial charge is 0.383 e. The number of hydrogen-bond acceptors (Lipinski definition) is 5. The normalized spacial score (nSPS) is 9.95. The second kappa shape index (κ2) is 8.13. The van der Waals surface area contributed by atoms with Crippen LogP contribution in [0.1, 0.15) is 15.9 Å². The summed E-state index contributed by atoms with van der Waals surface area (Å²) in [5.74, 6) is 4.76. The molecule has 7 nitrogen and oxygen atoms in total. The number of carbonyl (C=O) groups is 2. The van der Waals surface area contributed by atoms with E-state index in [0.29, 0.717) is 18.7 Å². The van der Waals surface area contributed by atoms with E-state index in [1.54, 1.807) is 25.3 Å². The zero-order valence-corrected chi connectivity index (χ0v) is 11.7. The molecule has 1 rings (SSSR count). The summed E-state index contributed by atoms with van der Waals surface area (Å²) >= 11 is 0. The molecule has 0 aromatic heterocycles. The van der Waals surface area contributed by atoms with Crippen molar-refractivity contribution in [2.45, 2.75) is 6.92 Å². The highest BCUT2D eigenvalue weighted by atomic mass is 16.5. The van der Waals surface area contributed by atoms with Crippen molar-refractivity contribution in [2.75, 3.05) is 32.2 Å². The van der Waals surface area contributed by atoms with Crippen LogP contribution in [0.25, 0.3) is 0 Å². The number of hydrazine groups is 1. The summed E-state index contributed by atoms with van der Waals surface area (Å²) in [6, 6.07) is 5.05. The highest BCUT2D eigenvalue weighted by molar-refractivity contribution is 5.97. The SMILES string of the molecule is COCCNC(=O)CNC(=O)c1ccc(NN)c(C)c1. The fourth-order valence-corrected chi connectivity index (χ4v) is 1.58. The highest BCUT2D eigenvalue weighted by Gasteiger charge is 2.09. The third-order valence-corrected chi connectivity index (χ3v) is 2.68. The standard InChI is InChI=1S/C13H20N4O3/c1-9-7-10(3-4-11(9)17-14)13(19)16-8-12(18)15-5-6-20-2/h3-4,7,17H,5-6,8,14H2,1-2H3,(H,15,18)(H,16,19). The number of aryl methyl sites for hydroxylation is 1. The van der Waals surface area contributed by atoms with Crippen LogP contribution >= 0.6 is 0 Å². The third kappa shape index (κ3) is 4.87. The quantitative estimate of drug-likeness (QED) is 0.314. The minimum absolute atomic E-state index is 0.0709. The third-order valence-electron chi connectivity index (χ3n) is 2.68. The van der Waals surface area contributed by atoms with Crippen molar-refractivity contribution in [1.82, 2.24) is 10.6 Å². The van der Waals surface area contributed by atoms with Gasteiger partial charge in [0.1, 0.15) is 0 Å². The molecule has 5 N–H and O–H groups in total. The molecule has 0 aliphatic carbocycles. The van der Waals surface area contributed by atoms with Gasteiger partial charge in [-0.2, -0.15) is 0 Å². The van der Waals surface area contributed by atoms with Gasteiger partial charge in [-0.3, -0.25) is 15.4 Å². The number of carbonyl (C=O) groups excluding carboxylic acids is 2. The molecule has 0 unspecified atom stereocenters. The molecule has 20 heavy (non-hydrogen) atoms. The molecule has 0 bridgehead atoms. The molecule has 1 aromatic carbocycles. The number of amides is 2. The maximum absolute atomic E-state index is 11.9. The second-order valence-corrected chi connectivity index (χ2v) is 4.20. The Balaban J connectivity index is 2.46. The first-order valence-electron chi connectivity index (χ1n) is 6.19. The van der Waals surface area contributed by atoms with Gasteiger partial charge in [-0.05, 0) is 30.7 Å². The van der Waals surface area contributed by atoms with Crippen molar-refractivity contribution in [3.8, 4) is 0 Å². The van der Waals surface area contributed by atoms with E-state index < -0.39 is 0 Å². The number of nitrogens with two attached hydrogens (primary N) is 1. The molecule has 0 aliphatic heterocycles. The zero-order chi connectivity index (χ0) is 15.0. The number of nitrogen functional groups attached to an aromatic ring is 1. The summed E-state index contributed by atoms with van der Waals surface area (Å²) < 4.78 is 4.80. The van der Waals surface area contributed by atoms with Gasteiger partial charge in [-0.15, -0.1) is 0 Å². The Labute approximate surface area is 117 Å². The predicted molar refractivity (Wildman–Crippen MR) is 76.2 cm³/mol. The van der Waals surface area contributed by atoms with E-state index in [0.717, 1.165) is 11.3 Å². The van der Waals surface area contributed by atoms with Crippen LogP contribution < -0.4 is 21.9 Å². The Bertz CT molecular complexity index is 477. The summed E-state index contributed by atoms with van der Waals surface area (Å²) in [7, 11) is 1.55. The number of hydrogen-bond donors (Lipinski definition) is 4. The first kappa shape index (κ1) is 15.9. The van der Waals surface area contributed by atoms with Gasteiger partial charge in [0, 0.05) is 19.2 Å². The molecule has 0 radical (unpaired) electrons. The number of benzene rings is 1. The summed E-state index contributed by atoms with van der Waals surface area (Å²) in [4.78, 5) is 23.3. The van der Waals surface area contributed by atoms with Crippen LogP contribution in [0, 0.1) is 6.92 Å². The minimum Gasteiger partial charge on any atom is -0.383 e. The molecule has 110 valence electrons. The fraction of sp³-hybridized carbons (Fsp3) is 0.385. The molecule has 0 heterocycles. The number of rotatable bonds is 7. The van der Waals surface area contributed by atoms with E-state index >= 15 is 0 Å². The van der Waals surface area contributed by atoms with Gasteiger partial charge in [0.15, 0.2) is 0 Å². The van der Waals surface area contributed by atoms with E-state index in [9.17, 15) is 9.59 Å².